The largest absolute Gasteiger partial charge is 0.496 e. The Morgan fingerprint density at radius 2 is 1.68 bits per heavy atom. The molecular formula is C19H23NO2. The van der Waals surface area contributed by atoms with Crippen molar-refractivity contribution in [1.29, 1.82) is 0 Å². The molecule has 0 spiro atoms. The van der Waals surface area contributed by atoms with Gasteiger partial charge in [0.25, 0.3) is 0 Å². The zero-order valence-corrected chi connectivity index (χ0v) is 13.5. The Morgan fingerprint density at radius 3 is 2.32 bits per heavy atom. The van der Waals surface area contributed by atoms with Gasteiger partial charge in [-0.3, -0.25) is 4.79 Å². The molecule has 0 N–H and O–H groups in total. The normalized spacial score (nSPS) is 12.2. The summed E-state index contributed by atoms with van der Waals surface area (Å²) in [5, 5.41) is 0. The summed E-state index contributed by atoms with van der Waals surface area (Å²) < 4.78 is 5.27. The van der Waals surface area contributed by atoms with Crippen LogP contribution in [-0.2, 0) is 0 Å². The van der Waals surface area contributed by atoms with Crippen LogP contribution in [0.5, 0.6) is 5.75 Å². The van der Waals surface area contributed by atoms with E-state index in [9.17, 15) is 4.79 Å². The Balaban J connectivity index is 2.08. The van der Waals surface area contributed by atoms with Crippen LogP contribution in [-0.4, -0.2) is 31.9 Å². The van der Waals surface area contributed by atoms with Crippen LogP contribution in [0.1, 0.15) is 34.8 Å². The second kappa shape index (κ2) is 7.76. The van der Waals surface area contributed by atoms with Gasteiger partial charge in [0, 0.05) is 12.5 Å². The van der Waals surface area contributed by atoms with Crippen LogP contribution in [0.3, 0.4) is 0 Å². The van der Waals surface area contributed by atoms with Gasteiger partial charge < -0.3 is 9.64 Å². The standard InChI is InChI=1S/C19H23NO2/c1-20(2)17(15-9-5-4-6-10-15)13-14-18(21)16-11-7-8-12-19(16)22-3/h4-12,17H,13-14H2,1-3H3/t17-/m0/s1. The topological polar surface area (TPSA) is 29.5 Å². The van der Waals surface area contributed by atoms with Gasteiger partial charge in [0.2, 0.25) is 0 Å². The molecule has 2 rings (SSSR count). The quantitative estimate of drug-likeness (QED) is 0.724. The number of ether oxygens (including phenoxy) is 1. The molecule has 0 saturated carbocycles. The number of benzene rings is 2. The number of hydrogen-bond acceptors (Lipinski definition) is 3. The average molecular weight is 297 g/mol. The predicted octanol–water partition coefficient (Wildman–Crippen LogP) is 3.96. The summed E-state index contributed by atoms with van der Waals surface area (Å²) in [5.74, 6) is 0.772. The van der Waals surface area contributed by atoms with Crippen LogP contribution < -0.4 is 4.74 Å². The Kier molecular flexibility index (Phi) is 5.73. The van der Waals surface area contributed by atoms with E-state index in [4.69, 9.17) is 4.74 Å². The van der Waals surface area contributed by atoms with Gasteiger partial charge in [0.15, 0.2) is 5.78 Å². The van der Waals surface area contributed by atoms with Gasteiger partial charge >= 0.3 is 0 Å². The van der Waals surface area contributed by atoms with E-state index in [1.807, 2.05) is 56.6 Å². The first-order valence-corrected chi connectivity index (χ1v) is 7.51. The zero-order chi connectivity index (χ0) is 15.9. The summed E-state index contributed by atoms with van der Waals surface area (Å²) in [7, 11) is 5.69. The third-order valence-electron chi connectivity index (χ3n) is 3.86. The Morgan fingerprint density at radius 1 is 1.05 bits per heavy atom. The molecule has 0 fully saturated rings. The maximum atomic E-state index is 12.5. The lowest BCUT2D eigenvalue weighted by Crippen LogP contribution is -2.21. The van der Waals surface area contributed by atoms with Crippen molar-refractivity contribution in [3.05, 3.63) is 65.7 Å². The molecule has 0 amide bonds. The highest BCUT2D eigenvalue weighted by atomic mass is 16.5. The molecule has 0 radical (unpaired) electrons. The summed E-state index contributed by atoms with van der Waals surface area (Å²) in [6, 6.07) is 17.9. The minimum absolute atomic E-state index is 0.125. The molecule has 0 aliphatic rings. The van der Waals surface area contributed by atoms with E-state index < -0.39 is 0 Å². The molecule has 22 heavy (non-hydrogen) atoms. The summed E-state index contributed by atoms with van der Waals surface area (Å²) >= 11 is 0. The summed E-state index contributed by atoms with van der Waals surface area (Å²) in [6.07, 6.45) is 1.28. The SMILES string of the molecule is COc1ccccc1C(=O)CC[C@@H](c1ccccc1)N(C)C. The van der Waals surface area contributed by atoms with Crippen LogP contribution in [0, 0.1) is 0 Å². The van der Waals surface area contributed by atoms with Crippen LogP contribution in [0.4, 0.5) is 0 Å². The van der Waals surface area contributed by atoms with Crippen molar-refractivity contribution in [2.24, 2.45) is 0 Å². The zero-order valence-electron chi connectivity index (χ0n) is 13.5. The fraction of sp³-hybridized carbons (Fsp3) is 0.316. The van der Waals surface area contributed by atoms with E-state index in [0.29, 0.717) is 17.7 Å². The highest BCUT2D eigenvalue weighted by Crippen LogP contribution is 2.26. The van der Waals surface area contributed by atoms with E-state index in [0.717, 1.165) is 6.42 Å². The lowest BCUT2D eigenvalue weighted by molar-refractivity contribution is 0.0965. The van der Waals surface area contributed by atoms with Crippen molar-refractivity contribution in [2.75, 3.05) is 21.2 Å². The number of methoxy groups -OCH3 is 1. The van der Waals surface area contributed by atoms with Crippen molar-refractivity contribution in [2.45, 2.75) is 18.9 Å². The maximum Gasteiger partial charge on any atom is 0.166 e. The number of hydrogen-bond donors (Lipinski definition) is 0. The van der Waals surface area contributed by atoms with Gasteiger partial charge in [-0.25, -0.2) is 0 Å². The van der Waals surface area contributed by atoms with Gasteiger partial charge in [0.1, 0.15) is 5.75 Å². The fourth-order valence-electron chi connectivity index (χ4n) is 2.68. The molecule has 0 saturated heterocycles. The van der Waals surface area contributed by atoms with Crippen LogP contribution in [0.2, 0.25) is 0 Å². The van der Waals surface area contributed by atoms with E-state index >= 15 is 0 Å². The van der Waals surface area contributed by atoms with Gasteiger partial charge in [-0.05, 0) is 38.2 Å². The van der Waals surface area contributed by atoms with E-state index in [1.165, 1.54) is 5.56 Å². The Hall–Kier alpha value is -2.13. The number of carbonyl (C=O) groups excluding carboxylic acids is 1. The number of ketones is 1. The molecule has 1 atom stereocenters. The number of para-hydroxylation sites is 1. The number of carbonyl (C=O) groups is 1. The van der Waals surface area contributed by atoms with E-state index in [2.05, 4.69) is 17.0 Å². The minimum atomic E-state index is 0.125. The molecule has 2 aromatic rings. The number of rotatable bonds is 7. The molecular weight excluding hydrogens is 274 g/mol. The third-order valence-corrected chi connectivity index (χ3v) is 3.86. The van der Waals surface area contributed by atoms with Crippen molar-refractivity contribution in [3.8, 4) is 5.75 Å². The highest BCUT2D eigenvalue weighted by molar-refractivity contribution is 5.98. The smallest absolute Gasteiger partial charge is 0.166 e. The molecule has 116 valence electrons. The number of nitrogens with zero attached hydrogens (tertiary/aromatic N) is 1. The minimum Gasteiger partial charge on any atom is -0.496 e. The molecule has 0 aromatic heterocycles. The molecule has 0 aliphatic carbocycles. The monoisotopic (exact) mass is 297 g/mol. The maximum absolute atomic E-state index is 12.5. The fourth-order valence-corrected chi connectivity index (χ4v) is 2.68. The van der Waals surface area contributed by atoms with Crippen molar-refractivity contribution in [3.63, 3.8) is 0 Å². The Labute approximate surface area is 132 Å². The lowest BCUT2D eigenvalue weighted by atomic mass is 9.97. The van der Waals surface area contributed by atoms with Gasteiger partial charge in [-0.15, -0.1) is 0 Å². The summed E-state index contributed by atoms with van der Waals surface area (Å²) in [5.41, 5.74) is 1.90. The first-order valence-electron chi connectivity index (χ1n) is 7.51. The number of Topliss-reactive ketones (excluding diaryl/α,β-unsaturated/α-hetero) is 1. The second-order valence-electron chi connectivity index (χ2n) is 5.55. The summed E-state index contributed by atoms with van der Waals surface area (Å²) in [6.45, 7) is 0. The van der Waals surface area contributed by atoms with Crippen LogP contribution in [0.25, 0.3) is 0 Å². The van der Waals surface area contributed by atoms with Crippen molar-refractivity contribution >= 4 is 5.78 Å². The molecule has 0 bridgehead atoms. The predicted molar refractivity (Wildman–Crippen MR) is 89.4 cm³/mol. The first kappa shape index (κ1) is 16.2. The summed E-state index contributed by atoms with van der Waals surface area (Å²) in [4.78, 5) is 14.6. The molecule has 0 aliphatic heterocycles. The lowest BCUT2D eigenvalue weighted by Gasteiger charge is -2.24. The van der Waals surface area contributed by atoms with Gasteiger partial charge in [0.05, 0.1) is 12.7 Å². The van der Waals surface area contributed by atoms with Crippen molar-refractivity contribution < 1.29 is 9.53 Å². The molecule has 3 nitrogen and oxygen atoms in total. The average Bonchev–Trinajstić information content (AvgIpc) is 2.55. The second-order valence-corrected chi connectivity index (χ2v) is 5.55. The van der Waals surface area contributed by atoms with E-state index in [-0.39, 0.29) is 11.8 Å². The van der Waals surface area contributed by atoms with Crippen LogP contribution >= 0.6 is 0 Å². The molecule has 0 unspecified atom stereocenters. The van der Waals surface area contributed by atoms with Gasteiger partial charge in [-0.1, -0.05) is 42.5 Å². The third kappa shape index (κ3) is 3.95. The Bertz CT molecular complexity index is 608. The molecule has 2 aromatic carbocycles. The first-order chi connectivity index (χ1) is 10.6. The molecule has 0 heterocycles. The van der Waals surface area contributed by atoms with Crippen LogP contribution in [0.15, 0.2) is 54.6 Å². The van der Waals surface area contributed by atoms with Gasteiger partial charge in [-0.2, -0.15) is 0 Å². The highest BCUT2D eigenvalue weighted by Gasteiger charge is 2.17. The van der Waals surface area contributed by atoms with Crippen molar-refractivity contribution in [1.82, 2.24) is 4.90 Å². The van der Waals surface area contributed by atoms with E-state index in [1.54, 1.807) is 7.11 Å². The molecule has 3 heteroatoms.